The van der Waals surface area contributed by atoms with E-state index in [9.17, 15) is 26.9 Å². The molecule has 11 nitrogen and oxygen atoms in total. The van der Waals surface area contributed by atoms with Gasteiger partial charge < -0.3 is 14.4 Å². The predicted molar refractivity (Wildman–Crippen MR) is 115 cm³/mol. The molecule has 0 amide bonds. The predicted octanol–water partition coefficient (Wildman–Crippen LogP) is 1.28. The molecule has 13 heteroatoms. The Labute approximate surface area is 185 Å². The van der Waals surface area contributed by atoms with Gasteiger partial charge in [0.15, 0.2) is 21.3 Å². The number of hydrogen-bond acceptors (Lipinski definition) is 9. The molecular weight excluding hydrogens is 462 g/mol. The van der Waals surface area contributed by atoms with E-state index in [0.717, 1.165) is 12.3 Å². The average molecular weight is 484 g/mol. The van der Waals surface area contributed by atoms with Crippen LogP contribution in [0.1, 0.15) is 0 Å². The van der Waals surface area contributed by atoms with Crippen LogP contribution >= 0.6 is 0 Å². The highest BCUT2D eigenvalue weighted by molar-refractivity contribution is 7.90. The number of rotatable bonds is 5. The molecule has 0 atom stereocenters. The summed E-state index contributed by atoms with van der Waals surface area (Å²) in [5.74, 6) is 0.863. The van der Waals surface area contributed by atoms with Gasteiger partial charge >= 0.3 is 0 Å². The van der Waals surface area contributed by atoms with Crippen molar-refractivity contribution in [3.8, 4) is 11.5 Å². The van der Waals surface area contributed by atoms with Crippen molar-refractivity contribution in [3.05, 3.63) is 46.5 Å². The lowest BCUT2D eigenvalue weighted by atomic mass is 10.2. The molecule has 4 rings (SSSR count). The average Bonchev–Trinajstić information content (AvgIpc) is 2.77. The van der Waals surface area contributed by atoms with Crippen molar-refractivity contribution in [1.29, 1.82) is 0 Å². The molecule has 0 unspecified atom stereocenters. The molecule has 2 aliphatic heterocycles. The van der Waals surface area contributed by atoms with E-state index in [1.807, 2.05) is 0 Å². The van der Waals surface area contributed by atoms with Crippen LogP contribution < -0.4 is 14.4 Å². The van der Waals surface area contributed by atoms with Crippen molar-refractivity contribution in [1.82, 2.24) is 4.31 Å². The summed E-state index contributed by atoms with van der Waals surface area (Å²) in [7, 11) is -7.40. The summed E-state index contributed by atoms with van der Waals surface area (Å²) in [6.45, 7) is 1.39. The summed E-state index contributed by atoms with van der Waals surface area (Å²) in [5, 5.41) is 11.5. The molecular formula is C19H21N3O8S2. The summed E-state index contributed by atoms with van der Waals surface area (Å²) in [6, 6.07) is 8.19. The fourth-order valence-electron chi connectivity index (χ4n) is 3.65. The van der Waals surface area contributed by atoms with Crippen molar-refractivity contribution in [2.75, 3.05) is 50.5 Å². The topological polar surface area (TPSA) is 136 Å². The molecule has 0 N–H and O–H groups in total. The first-order valence-corrected chi connectivity index (χ1v) is 13.0. The smallest absolute Gasteiger partial charge is 0.293 e. The zero-order chi connectivity index (χ0) is 23.1. The van der Waals surface area contributed by atoms with Gasteiger partial charge in [-0.2, -0.15) is 4.31 Å². The van der Waals surface area contributed by atoms with Gasteiger partial charge in [-0.25, -0.2) is 16.8 Å². The van der Waals surface area contributed by atoms with Crippen LogP contribution in [0.3, 0.4) is 0 Å². The van der Waals surface area contributed by atoms with E-state index < -0.39 is 24.8 Å². The molecule has 2 aromatic carbocycles. The minimum atomic E-state index is -3.80. The molecule has 0 saturated carbocycles. The number of fused-ring (bicyclic) bond motifs is 1. The van der Waals surface area contributed by atoms with E-state index in [-0.39, 0.29) is 47.3 Å². The third kappa shape index (κ3) is 4.23. The molecule has 2 aliphatic rings. The number of sulfonamides is 1. The first-order chi connectivity index (χ1) is 15.1. The Bertz CT molecular complexity index is 1270. The zero-order valence-electron chi connectivity index (χ0n) is 17.1. The number of benzene rings is 2. The van der Waals surface area contributed by atoms with Crippen LogP contribution in [-0.2, 0) is 19.9 Å². The quantitative estimate of drug-likeness (QED) is 0.455. The van der Waals surface area contributed by atoms with Crippen LogP contribution in [0, 0.1) is 10.1 Å². The monoisotopic (exact) mass is 483 g/mol. The largest absolute Gasteiger partial charge is 0.486 e. The van der Waals surface area contributed by atoms with Gasteiger partial charge in [0.05, 0.1) is 14.7 Å². The normalized spacial score (nSPS) is 17.2. The number of nitrogens with zero attached hydrogens (tertiary/aromatic N) is 3. The molecule has 0 aliphatic carbocycles. The lowest BCUT2D eigenvalue weighted by Crippen LogP contribution is -2.48. The van der Waals surface area contributed by atoms with Gasteiger partial charge in [0.1, 0.15) is 18.9 Å². The Morgan fingerprint density at radius 2 is 1.50 bits per heavy atom. The molecule has 1 fully saturated rings. The molecule has 0 radical (unpaired) electrons. The van der Waals surface area contributed by atoms with Crippen molar-refractivity contribution in [3.63, 3.8) is 0 Å². The molecule has 1 saturated heterocycles. The second-order valence-electron chi connectivity index (χ2n) is 7.38. The number of piperazine rings is 1. The number of anilines is 1. The minimum absolute atomic E-state index is 0.0821. The summed E-state index contributed by atoms with van der Waals surface area (Å²) in [4.78, 5) is 12.5. The van der Waals surface area contributed by atoms with Gasteiger partial charge in [0.2, 0.25) is 10.0 Å². The number of sulfone groups is 1. The minimum Gasteiger partial charge on any atom is -0.486 e. The highest BCUT2D eigenvalue weighted by Gasteiger charge is 2.32. The van der Waals surface area contributed by atoms with E-state index in [0.29, 0.717) is 24.7 Å². The maximum Gasteiger partial charge on any atom is 0.293 e. The van der Waals surface area contributed by atoms with Gasteiger partial charge in [-0.15, -0.1) is 0 Å². The van der Waals surface area contributed by atoms with Crippen LogP contribution in [0.2, 0.25) is 0 Å². The maximum absolute atomic E-state index is 13.1. The van der Waals surface area contributed by atoms with Gasteiger partial charge in [-0.1, -0.05) is 0 Å². The van der Waals surface area contributed by atoms with Crippen molar-refractivity contribution >= 4 is 31.2 Å². The molecule has 0 spiro atoms. The van der Waals surface area contributed by atoms with E-state index in [1.54, 1.807) is 11.0 Å². The SMILES string of the molecule is CS(=O)(=O)c1ccc(N2CCN(S(=O)(=O)c3ccc4c(c3)OCCO4)CC2)c([N+](=O)[O-])c1. The number of hydrogen-bond donors (Lipinski definition) is 0. The third-order valence-electron chi connectivity index (χ3n) is 5.30. The fraction of sp³-hybridized carbons (Fsp3) is 0.368. The van der Waals surface area contributed by atoms with Gasteiger partial charge in [-0.3, -0.25) is 10.1 Å². The Kier molecular flexibility index (Phi) is 5.73. The van der Waals surface area contributed by atoms with Gasteiger partial charge in [-0.05, 0) is 24.3 Å². The highest BCUT2D eigenvalue weighted by Crippen LogP contribution is 2.35. The second-order valence-corrected chi connectivity index (χ2v) is 11.3. The fourth-order valence-corrected chi connectivity index (χ4v) is 5.73. The Morgan fingerprint density at radius 3 is 2.12 bits per heavy atom. The van der Waals surface area contributed by atoms with Crippen LogP contribution in [-0.4, -0.2) is 71.7 Å². The van der Waals surface area contributed by atoms with Gasteiger partial charge in [0, 0.05) is 44.6 Å². The van der Waals surface area contributed by atoms with Crippen LogP contribution in [0.25, 0.3) is 0 Å². The summed E-state index contributed by atoms with van der Waals surface area (Å²) >= 11 is 0. The third-order valence-corrected chi connectivity index (χ3v) is 8.31. The standard InChI is InChI=1S/C19H21N3O8S2/c1-31(25,26)14-2-4-16(17(12-14)22(23)24)20-6-8-21(9-7-20)32(27,28)15-3-5-18-19(13-15)30-11-10-29-18/h2-5,12-13H,6-11H2,1H3. The molecule has 172 valence electrons. The molecule has 2 heterocycles. The summed E-state index contributed by atoms with van der Waals surface area (Å²) in [5.41, 5.74) is -0.0881. The van der Waals surface area contributed by atoms with Gasteiger partial charge in [0.25, 0.3) is 5.69 Å². The number of nitro groups is 1. The first kappa shape index (κ1) is 22.3. The lowest BCUT2D eigenvalue weighted by Gasteiger charge is -2.35. The number of nitro benzene ring substituents is 1. The van der Waals surface area contributed by atoms with Crippen molar-refractivity contribution in [2.24, 2.45) is 0 Å². The molecule has 0 bridgehead atoms. The van der Waals surface area contributed by atoms with Crippen molar-refractivity contribution < 1.29 is 31.2 Å². The Balaban J connectivity index is 1.54. The second kappa shape index (κ2) is 8.22. The van der Waals surface area contributed by atoms with Crippen molar-refractivity contribution in [2.45, 2.75) is 9.79 Å². The maximum atomic E-state index is 13.1. The summed E-state index contributed by atoms with van der Waals surface area (Å²) in [6.07, 6.45) is 0.979. The zero-order valence-corrected chi connectivity index (χ0v) is 18.8. The Morgan fingerprint density at radius 1 is 0.875 bits per heavy atom. The molecule has 2 aromatic rings. The molecule has 32 heavy (non-hydrogen) atoms. The van der Waals surface area contributed by atoms with E-state index in [2.05, 4.69) is 0 Å². The highest BCUT2D eigenvalue weighted by atomic mass is 32.2. The number of ether oxygens (including phenoxy) is 2. The van der Waals surface area contributed by atoms with E-state index in [4.69, 9.17) is 9.47 Å². The molecule has 0 aromatic heterocycles. The first-order valence-electron chi connectivity index (χ1n) is 9.70. The summed E-state index contributed by atoms with van der Waals surface area (Å²) < 4.78 is 61.9. The van der Waals surface area contributed by atoms with E-state index in [1.165, 1.54) is 28.6 Å². The van der Waals surface area contributed by atoms with Crippen LogP contribution in [0.4, 0.5) is 11.4 Å². The lowest BCUT2D eigenvalue weighted by molar-refractivity contribution is -0.384. The van der Waals surface area contributed by atoms with E-state index >= 15 is 0 Å². The van der Waals surface area contributed by atoms with Crippen LogP contribution in [0.5, 0.6) is 11.5 Å². The van der Waals surface area contributed by atoms with Crippen LogP contribution in [0.15, 0.2) is 46.2 Å². The Hall–Kier alpha value is -2.90.